The molecule has 15 heavy (non-hydrogen) atoms. The third kappa shape index (κ3) is 7.74. The first-order valence-corrected chi connectivity index (χ1v) is 7.01. The molecular weight excluding hydrogens is 208 g/mol. The molecular formula is C12H24O2S. The van der Waals surface area contributed by atoms with Crippen molar-refractivity contribution in [3.05, 3.63) is 12.7 Å². The molecule has 0 spiro atoms. The maximum Gasteiger partial charge on any atom is 0.0753 e. The molecule has 0 aromatic carbocycles. The second kappa shape index (κ2) is 7.18. The lowest BCUT2D eigenvalue weighted by atomic mass is 10.1. The summed E-state index contributed by atoms with van der Waals surface area (Å²) in [6.45, 7) is 10.5. The van der Waals surface area contributed by atoms with E-state index in [-0.39, 0.29) is 4.75 Å². The maximum atomic E-state index is 10.6. The molecule has 0 aliphatic carbocycles. The van der Waals surface area contributed by atoms with Gasteiger partial charge in [-0.25, -0.2) is 0 Å². The van der Waals surface area contributed by atoms with Gasteiger partial charge in [0.15, 0.2) is 0 Å². The van der Waals surface area contributed by atoms with Crippen LogP contribution in [0.25, 0.3) is 0 Å². The smallest absolute Gasteiger partial charge is 0.0753 e. The van der Waals surface area contributed by atoms with Gasteiger partial charge >= 0.3 is 0 Å². The van der Waals surface area contributed by atoms with Crippen LogP contribution in [0, 0.1) is 0 Å². The standard InChI is InChI=1S/C7H12O.C5H12OS/c1-2-7-5-3-4-6-8-7;1-5(2,3)7(4)6/h2,7H,1,3-6H2;1-4H3. The van der Waals surface area contributed by atoms with Gasteiger partial charge in [0.1, 0.15) is 0 Å². The first-order chi connectivity index (χ1) is 6.88. The second-order valence-corrected chi connectivity index (χ2v) is 6.84. The highest BCUT2D eigenvalue weighted by molar-refractivity contribution is 7.85. The summed E-state index contributed by atoms with van der Waals surface area (Å²) in [7, 11) is -0.683. The van der Waals surface area contributed by atoms with Gasteiger partial charge in [-0.3, -0.25) is 4.21 Å². The van der Waals surface area contributed by atoms with Crippen molar-refractivity contribution in [2.45, 2.75) is 50.9 Å². The van der Waals surface area contributed by atoms with Crippen LogP contribution < -0.4 is 0 Å². The Kier molecular flexibility index (Phi) is 7.11. The normalized spacial score (nSPS) is 23.6. The third-order valence-corrected chi connectivity index (χ3v) is 4.06. The van der Waals surface area contributed by atoms with Gasteiger partial charge in [0.25, 0.3) is 0 Å². The Hall–Kier alpha value is -0.150. The van der Waals surface area contributed by atoms with Gasteiger partial charge in [0, 0.05) is 28.4 Å². The molecule has 1 fully saturated rings. The molecule has 2 nitrogen and oxygen atoms in total. The van der Waals surface area contributed by atoms with Crippen LogP contribution in [0.3, 0.4) is 0 Å². The molecule has 1 aliphatic rings. The second-order valence-electron chi connectivity index (χ2n) is 4.71. The molecule has 0 aromatic heterocycles. The Morgan fingerprint density at radius 3 is 2.13 bits per heavy atom. The summed E-state index contributed by atoms with van der Waals surface area (Å²) < 4.78 is 15.9. The van der Waals surface area contributed by atoms with Gasteiger partial charge in [-0.05, 0) is 40.0 Å². The molecule has 0 amide bonds. The molecule has 2 atom stereocenters. The summed E-state index contributed by atoms with van der Waals surface area (Å²) >= 11 is 0. The minimum Gasteiger partial charge on any atom is -0.374 e. The van der Waals surface area contributed by atoms with E-state index >= 15 is 0 Å². The van der Waals surface area contributed by atoms with Crippen LogP contribution >= 0.6 is 0 Å². The van der Waals surface area contributed by atoms with Crippen molar-refractivity contribution in [3.63, 3.8) is 0 Å². The van der Waals surface area contributed by atoms with Crippen LogP contribution in [-0.4, -0.2) is 27.9 Å². The predicted molar refractivity (Wildman–Crippen MR) is 67.6 cm³/mol. The summed E-state index contributed by atoms with van der Waals surface area (Å²) in [6.07, 6.45) is 7.66. The summed E-state index contributed by atoms with van der Waals surface area (Å²) in [5.41, 5.74) is 0. The fourth-order valence-electron chi connectivity index (χ4n) is 0.952. The number of hydrogen-bond acceptors (Lipinski definition) is 2. The third-order valence-electron chi connectivity index (χ3n) is 2.34. The van der Waals surface area contributed by atoms with Gasteiger partial charge in [0.05, 0.1) is 6.10 Å². The minimum absolute atomic E-state index is 0.0278. The zero-order valence-corrected chi connectivity index (χ0v) is 11.2. The molecule has 0 saturated carbocycles. The predicted octanol–water partition coefficient (Wildman–Crippen LogP) is 2.90. The Morgan fingerprint density at radius 1 is 1.40 bits per heavy atom. The zero-order valence-electron chi connectivity index (χ0n) is 10.4. The van der Waals surface area contributed by atoms with E-state index in [1.54, 1.807) is 6.26 Å². The van der Waals surface area contributed by atoms with Crippen molar-refractivity contribution in [2.24, 2.45) is 0 Å². The monoisotopic (exact) mass is 232 g/mol. The Bertz CT molecular complexity index is 200. The fourth-order valence-corrected chi connectivity index (χ4v) is 0.952. The first kappa shape index (κ1) is 14.8. The van der Waals surface area contributed by atoms with Crippen LogP contribution in [0.2, 0.25) is 0 Å². The highest BCUT2D eigenvalue weighted by atomic mass is 32.2. The van der Waals surface area contributed by atoms with Gasteiger partial charge in [-0.1, -0.05) is 6.08 Å². The molecule has 1 heterocycles. The van der Waals surface area contributed by atoms with E-state index in [1.807, 2.05) is 26.8 Å². The summed E-state index contributed by atoms with van der Waals surface area (Å²) in [5.74, 6) is 0. The average molecular weight is 232 g/mol. The lowest BCUT2D eigenvalue weighted by Crippen LogP contribution is -2.19. The molecule has 2 unspecified atom stereocenters. The Balaban J connectivity index is 0.000000265. The van der Waals surface area contributed by atoms with Gasteiger partial charge < -0.3 is 4.74 Å². The summed E-state index contributed by atoms with van der Waals surface area (Å²) in [4.78, 5) is 0. The number of rotatable bonds is 1. The highest BCUT2D eigenvalue weighted by Gasteiger charge is 2.13. The largest absolute Gasteiger partial charge is 0.374 e. The van der Waals surface area contributed by atoms with Crippen LogP contribution in [-0.2, 0) is 15.5 Å². The topological polar surface area (TPSA) is 26.3 Å². The van der Waals surface area contributed by atoms with Crippen molar-refractivity contribution >= 4 is 10.8 Å². The molecule has 3 heteroatoms. The number of ether oxygens (including phenoxy) is 1. The molecule has 0 bridgehead atoms. The molecule has 1 rings (SSSR count). The van der Waals surface area contributed by atoms with Crippen molar-refractivity contribution in [1.29, 1.82) is 0 Å². The van der Waals surface area contributed by atoms with Crippen molar-refractivity contribution in [1.82, 2.24) is 0 Å². The highest BCUT2D eigenvalue weighted by Crippen LogP contribution is 2.12. The molecule has 1 aliphatic heterocycles. The summed E-state index contributed by atoms with van der Waals surface area (Å²) in [5, 5.41) is 0. The minimum atomic E-state index is -0.683. The van der Waals surface area contributed by atoms with E-state index in [4.69, 9.17) is 4.74 Å². The molecule has 1 saturated heterocycles. The quantitative estimate of drug-likeness (QED) is 0.650. The van der Waals surface area contributed by atoms with Crippen molar-refractivity contribution in [3.8, 4) is 0 Å². The van der Waals surface area contributed by atoms with E-state index in [1.165, 1.54) is 19.3 Å². The molecule has 0 N–H and O–H groups in total. The van der Waals surface area contributed by atoms with Crippen LogP contribution in [0.4, 0.5) is 0 Å². The molecule has 0 aromatic rings. The van der Waals surface area contributed by atoms with Crippen LogP contribution in [0.1, 0.15) is 40.0 Å². The molecule has 90 valence electrons. The van der Waals surface area contributed by atoms with Gasteiger partial charge in [-0.2, -0.15) is 0 Å². The lowest BCUT2D eigenvalue weighted by Gasteiger charge is -2.18. The molecule has 0 radical (unpaired) electrons. The lowest BCUT2D eigenvalue weighted by molar-refractivity contribution is 0.0468. The van der Waals surface area contributed by atoms with Crippen LogP contribution in [0.5, 0.6) is 0 Å². The average Bonchev–Trinajstić information content (AvgIpc) is 2.18. The zero-order chi connectivity index (χ0) is 11.9. The Morgan fingerprint density at radius 2 is 1.93 bits per heavy atom. The van der Waals surface area contributed by atoms with E-state index < -0.39 is 10.8 Å². The maximum absolute atomic E-state index is 10.6. The Labute approximate surface area is 96.6 Å². The first-order valence-electron chi connectivity index (χ1n) is 5.45. The number of hydrogen-bond donors (Lipinski definition) is 0. The van der Waals surface area contributed by atoms with Gasteiger partial charge in [-0.15, -0.1) is 6.58 Å². The van der Waals surface area contributed by atoms with Crippen molar-refractivity contribution in [2.75, 3.05) is 12.9 Å². The SMILES string of the molecule is C=CC1CCCCO1.CS(=O)C(C)(C)C. The summed E-state index contributed by atoms with van der Waals surface area (Å²) in [6, 6.07) is 0. The van der Waals surface area contributed by atoms with E-state index in [0.29, 0.717) is 6.10 Å². The van der Waals surface area contributed by atoms with E-state index in [2.05, 4.69) is 6.58 Å². The van der Waals surface area contributed by atoms with Gasteiger partial charge in [0.2, 0.25) is 0 Å². The fraction of sp³-hybridized carbons (Fsp3) is 0.833. The van der Waals surface area contributed by atoms with Crippen molar-refractivity contribution < 1.29 is 8.95 Å². The van der Waals surface area contributed by atoms with E-state index in [9.17, 15) is 4.21 Å². The van der Waals surface area contributed by atoms with E-state index in [0.717, 1.165) is 6.61 Å². The van der Waals surface area contributed by atoms with Crippen LogP contribution in [0.15, 0.2) is 12.7 Å².